The largest absolute Gasteiger partial charge is 0.481 e. The third-order valence-electron chi connectivity index (χ3n) is 4.51. The second kappa shape index (κ2) is 12.3. The molecule has 7 nitrogen and oxygen atoms in total. The first kappa shape index (κ1) is 25.5. The highest BCUT2D eigenvalue weighted by Gasteiger charge is 2.19. The minimum absolute atomic E-state index is 0.0353. The Labute approximate surface area is 185 Å². The number of carbonyl (C=O) groups is 2. The van der Waals surface area contributed by atoms with E-state index in [-0.39, 0.29) is 37.8 Å². The molecule has 32 heavy (non-hydrogen) atoms. The van der Waals surface area contributed by atoms with E-state index in [1.165, 1.54) is 0 Å². The lowest BCUT2D eigenvalue weighted by Crippen LogP contribution is -2.44. The first-order valence-electron chi connectivity index (χ1n) is 9.76. The Kier molecular flexibility index (Phi) is 9.82. The highest BCUT2D eigenvalue weighted by Crippen LogP contribution is 2.16. The quantitative estimate of drug-likeness (QED) is 0.353. The molecular formula is C21H24F3N3O4S. The zero-order valence-corrected chi connectivity index (χ0v) is 17.8. The fourth-order valence-electron chi connectivity index (χ4n) is 2.93. The fourth-order valence-corrected chi connectivity index (χ4v) is 3.85. The smallest absolute Gasteiger partial charge is 0.303 e. The van der Waals surface area contributed by atoms with E-state index in [2.05, 4.69) is 10.0 Å². The molecule has 5 N–H and O–H groups in total. The van der Waals surface area contributed by atoms with Gasteiger partial charge in [0.2, 0.25) is 5.91 Å². The molecule has 0 aliphatic rings. The minimum atomic E-state index is -1.56. The maximum Gasteiger partial charge on any atom is 0.303 e. The Morgan fingerprint density at radius 3 is 2.38 bits per heavy atom. The Morgan fingerprint density at radius 1 is 1.06 bits per heavy atom. The molecule has 2 aromatic carbocycles. The molecule has 2 aromatic rings. The van der Waals surface area contributed by atoms with Gasteiger partial charge < -0.3 is 16.2 Å². The highest BCUT2D eigenvalue weighted by atomic mass is 32.2. The zero-order valence-electron chi connectivity index (χ0n) is 17.0. The van der Waals surface area contributed by atoms with Gasteiger partial charge in [-0.2, -0.15) is 0 Å². The Balaban J connectivity index is 1.92. The van der Waals surface area contributed by atoms with Crippen molar-refractivity contribution in [1.82, 2.24) is 10.0 Å². The lowest BCUT2D eigenvalue weighted by molar-refractivity contribution is -0.137. The number of aliphatic carboxylic acids is 1. The van der Waals surface area contributed by atoms with Gasteiger partial charge >= 0.3 is 5.97 Å². The molecule has 0 saturated carbocycles. The van der Waals surface area contributed by atoms with Crippen molar-refractivity contribution in [3.05, 3.63) is 65.5 Å². The summed E-state index contributed by atoms with van der Waals surface area (Å²) < 4.78 is 55.2. The molecule has 11 heteroatoms. The van der Waals surface area contributed by atoms with Crippen LogP contribution in [0.15, 0.2) is 47.4 Å². The van der Waals surface area contributed by atoms with Crippen LogP contribution in [0.4, 0.5) is 13.2 Å². The molecule has 0 heterocycles. The number of hydrogen-bond donors (Lipinski definition) is 4. The van der Waals surface area contributed by atoms with Gasteiger partial charge in [0.25, 0.3) is 0 Å². The predicted octanol–water partition coefficient (Wildman–Crippen LogP) is 2.03. The number of hydrogen-bond acceptors (Lipinski definition) is 4. The summed E-state index contributed by atoms with van der Waals surface area (Å²) in [7, 11) is -1.56. The van der Waals surface area contributed by atoms with E-state index in [1.807, 2.05) is 0 Å². The summed E-state index contributed by atoms with van der Waals surface area (Å²) in [5.74, 6) is -5.10. The van der Waals surface area contributed by atoms with Crippen LogP contribution in [-0.4, -0.2) is 39.8 Å². The lowest BCUT2D eigenvalue weighted by atomic mass is 10.0. The maximum absolute atomic E-state index is 13.8. The average Bonchev–Trinajstić information content (AvgIpc) is 2.74. The Hall–Kier alpha value is -2.76. The van der Waals surface area contributed by atoms with Crippen LogP contribution in [-0.2, 0) is 27.0 Å². The van der Waals surface area contributed by atoms with Crippen molar-refractivity contribution in [3.63, 3.8) is 0 Å². The standard InChI is InChI=1S/C21H24F3N3O4S/c22-17-11-19(24)18(23)9-13(17)8-14(25)10-20(28)27-15(6-7-21(29)30)12-26-32(31)16-4-2-1-3-5-16/h1-5,9,11,14-15,26H,6-8,10,12,25H2,(H,27,28)(H,29,30)/t14?,15-,32?/m0/s1. The number of nitrogens with one attached hydrogen (secondary N) is 2. The van der Waals surface area contributed by atoms with Crippen LogP contribution in [0.3, 0.4) is 0 Å². The van der Waals surface area contributed by atoms with Gasteiger partial charge in [0.15, 0.2) is 11.6 Å². The molecule has 2 unspecified atom stereocenters. The third-order valence-corrected chi connectivity index (χ3v) is 5.64. The monoisotopic (exact) mass is 471 g/mol. The Morgan fingerprint density at radius 2 is 1.72 bits per heavy atom. The van der Waals surface area contributed by atoms with E-state index >= 15 is 0 Å². The number of halogens is 3. The van der Waals surface area contributed by atoms with Crippen molar-refractivity contribution in [1.29, 1.82) is 0 Å². The summed E-state index contributed by atoms with van der Waals surface area (Å²) in [5, 5.41) is 11.5. The predicted molar refractivity (Wildman–Crippen MR) is 112 cm³/mol. The fraction of sp³-hybridized carbons (Fsp3) is 0.333. The van der Waals surface area contributed by atoms with Gasteiger partial charge in [0.1, 0.15) is 16.8 Å². The number of nitrogens with two attached hydrogens (primary N) is 1. The number of carboxylic acids is 1. The summed E-state index contributed by atoms with van der Waals surface area (Å²) in [5.41, 5.74) is 5.70. The zero-order chi connectivity index (χ0) is 23.7. The van der Waals surface area contributed by atoms with Crippen molar-refractivity contribution in [2.45, 2.75) is 42.7 Å². The first-order valence-corrected chi connectivity index (χ1v) is 10.9. The van der Waals surface area contributed by atoms with E-state index in [0.717, 1.165) is 0 Å². The normalized spacial score (nSPS) is 13.9. The lowest BCUT2D eigenvalue weighted by Gasteiger charge is -2.20. The molecular weight excluding hydrogens is 447 g/mol. The molecule has 174 valence electrons. The van der Waals surface area contributed by atoms with Crippen molar-refractivity contribution in [2.24, 2.45) is 5.73 Å². The molecule has 1 amide bonds. The first-order chi connectivity index (χ1) is 15.2. The maximum atomic E-state index is 13.8. The molecule has 0 fully saturated rings. The molecule has 0 spiro atoms. The van der Waals surface area contributed by atoms with E-state index in [1.54, 1.807) is 30.3 Å². The molecule has 0 aliphatic heterocycles. The van der Waals surface area contributed by atoms with E-state index in [0.29, 0.717) is 17.0 Å². The number of benzene rings is 2. The second-order valence-corrected chi connectivity index (χ2v) is 8.45. The van der Waals surface area contributed by atoms with Gasteiger partial charge in [-0.05, 0) is 36.6 Å². The van der Waals surface area contributed by atoms with Crippen LogP contribution >= 0.6 is 0 Å². The minimum Gasteiger partial charge on any atom is -0.481 e. The van der Waals surface area contributed by atoms with Gasteiger partial charge in [-0.1, -0.05) is 18.2 Å². The molecule has 0 aromatic heterocycles. The van der Waals surface area contributed by atoms with Gasteiger partial charge in [0.05, 0.1) is 4.90 Å². The van der Waals surface area contributed by atoms with Gasteiger partial charge in [-0.3, -0.25) is 9.59 Å². The highest BCUT2D eigenvalue weighted by molar-refractivity contribution is 7.83. The van der Waals surface area contributed by atoms with Crippen molar-refractivity contribution in [2.75, 3.05) is 6.54 Å². The second-order valence-electron chi connectivity index (χ2n) is 7.15. The molecule has 2 rings (SSSR count). The summed E-state index contributed by atoms with van der Waals surface area (Å²) in [6, 6.07) is 8.09. The van der Waals surface area contributed by atoms with E-state index < -0.39 is 52.4 Å². The van der Waals surface area contributed by atoms with Crippen molar-refractivity contribution >= 4 is 22.9 Å². The van der Waals surface area contributed by atoms with Crippen LogP contribution in [0.2, 0.25) is 0 Å². The average molecular weight is 472 g/mol. The van der Waals surface area contributed by atoms with Crippen LogP contribution in [0.25, 0.3) is 0 Å². The van der Waals surface area contributed by atoms with Crippen molar-refractivity contribution in [3.8, 4) is 0 Å². The summed E-state index contributed by atoms with van der Waals surface area (Å²) in [4.78, 5) is 23.8. The van der Waals surface area contributed by atoms with Gasteiger partial charge in [-0.15, -0.1) is 0 Å². The molecule has 3 atom stereocenters. The van der Waals surface area contributed by atoms with Crippen molar-refractivity contribution < 1.29 is 32.1 Å². The van der Waals surface area contributed by atoms with E-state index in [9.17, 15) is 27.0 Å². The van der Waals surface area contributed by atoms with Crippen LogP contribution < -0.4 is 15.8 Å². The van der Waals surface area contributed by atoms with Crippen LogP contribution in [0.1, 0.15) is 24.8 Å². The topological polar surface area (TPSA) is 122 Å². The number of rotatable bonds is 12. The van der Waals surface area contributed by atoms with E-state index in [4.69, 9.17) is 10.8 Å². The van der Waals surface area contributed by atoms with Crippen LogP contribution in [0.5, 0.6) is 0 Å². The number of carboxylic acid groups (broad SMARTS) is 1. The summed E-state index contributed by atoms with van der Waals surface area (Å²) in [6.07, 6.45) is -0.611. The SMILES string of the molecule is NC(CC(=O)N[C@@H](CCC(=O)O)CNS(=O)c1ccccc1)Cc1cc(F)c(F)cc1F. The Bertz CT molecular complexity index is 963. The van der Waals surface area contributed by atoms with Gasteiger partial charge in [0, 0.05) is 37.5 Å². The molecule has 0 saturated heterocycles. The molecule has 0 bridgehead atoms. The van der Waals surface area contributed by atoms with Crippen LogP contribution in [0, 0.1) is 17.5 Å². The van der Waals surface area contributed by atoms with Gasteiger partial charge in [-0.25, -0.2) is 22.1 Å². The summed E-state index contributed by atoms with van der Waals surface area (Å²) in [6.45, 7) is 0.0353. The summed E-state index contributed by atoms with van der Waals surface area (Å²) >= 11 is 0. The number of carbonyl (C=O) groups excluding carboxylic acids is 1. The molecule has 0 aliphatic carbocycles. The molecule has 0 radical (unpaired) electrons. The number of amides is 1. The third kappa shape index (κ3) is 8.40.